The third-order valence-electron chi connectivity index (χ3n) is 4.16. The number of carbonyl (C=O) groups is 3. The first-order valence-corrected chi connectivity index (χ1v) is 9.02. The summed E-state index contributed by atoms with van der Waals surface area (Å²) in [7, 11) is 1.55. The molecule has 1 aromatic rings. The molecule has 0 radical (unpaired) electrons. The maximum atomic E-state index is 12.4. The van der Waals surface area contributed by atoms with Gasteiger partial charge in [0.25, 0.3) is 11.8 Å². The largest absolute Gasteiger partial charge is 0.450 e. The second kappa shape index (κ2) is 10.5. The molecule has 0 atom stereocenters. The predicted octanol–water partition coefficient (Wildman–Crippen LogP) is 0.809. The number of amides is 3. The Labute approximate surface area is 158 Å². The first-order valence-electron chi connectivity index (χ1n) is 9.02. The van der Waals surface area contributed by atoms with Crippen LogP contribution in [0.2, 0.25) is 0 Å². The molecule has 2 N–H and O–H groups in total. The molecule has 0 aromatic carbocycles. The highest BCUT2D eigenvalue weighted by molar-refractivity contribution is 5.96. The summed E-state index contributed by atoms with van der Waals surface area (Å²) in [5, 5.41) is 5.58. The van der Waals surface area contributed by atoms with Crippen molar-refractivity contribution in [2.24, 2.45) is 0 Å². The molecule has 1 fully saturated rings. The van der Waals surface area contributed by atoms with Crippen molar-refractivity contribution in [3.8, 4) is 0 Å². The van der Waals surface area contributed by atoms with Crippen molar-refractivity contribution in [2.45, 2.75) is 25.8 Å². The fourth-order valence-corrected chi connectivity index (χ4v) is 2.73. The lowest BCUT2D eigenvalue weighted by Crippen LogP contribution is -2.46. The first-order chi connectivity index (χ1) is 13.0. The van der Waals surface area contributed by atoms with E-state index in [9.17, 15) is 14.4 Å². The molecule has 1 aliphatic rings. The number of piperidine rings is 1. The van der Waals surface area contributed by atoms with E-state index in [1.165, 1.54) is 0 Å². The molecule has 9 heteroatoms. The van der Waals surface area contributed by atoms with Gasteiger partial charge in [-0.25, -0.2) is 9.78 Å². The summed E-state index contributed by atoms with van der Waals surface area (Å²) in [5.41, 5.74) is 0.359. The van der Waals surface area contributed by atoms with Gasteiger partial charge in [0, 0.05) is 32.8 Å². The van der Waals surface area contributed by atoms with E-state index in [0.717, 1.165) is 0 Å². The zero-order valence-electron chi connectivity index (χ0n) is 15.7. The normalized spacial score (nSPS) is 14.5. The lowest BCUT2D eigenvalue weighted by Gasteiger charge is -2.31. The van der Waals surface area contributed by atoms with E-state index in [1.54, 1.807) is 37.1 Å². The second-order valence-corrected chi connectivity index (χ2v) is 6.09. The van der Waals surface area contributed by atoms with E-state index in [1.807, 2.05) is 0 Å². The number of hydrogen-bond acceptors (Lipinski definition) is 6. The number of nitrogens with zero attached hydrogens (tertiary/aromatic N) is 2. The molecule has 0 aliphatic carbocycles. The van der Waals surface area contributed by atoms with E-state index >= 15 is 0 Å². The highest BCUT2D eigenvalue weighted by atomic mass is 16.6. The summed E-state index contributed by atoms with van der Waals surface area (Å²) in [6.45, 7) is 3.93. The Morgan fingerprint density at radius 2 is 1.85 bits per heavy atom. The number of aromatic nitrogens is 1. The second-order valence-electron chi connectivity index (χ2n) is 6.09. The number of rotatable bonds is 7. The number of likely N-dealkylation sites (tertiary alicyclic amines) is 1. The minimum atomic E-state index is -0.357. The molecule has 3 amide bonds. The van der Waals surface area contributed by atoms with E-state index in [4.69, 9.17) is 9.47 Å². The van der Waals surface area contributed by atoms with Gasteiger partial charge in [-0.3, -0.25) is 9.59 Å². The van der Waals surface area contributed by atoms with Gasteiger partial charge in [-0.1, -0.05) is 6.07 Å². The Hall–Kier alpha value is -2.68. The molecule has 27 heavy (non-hydrogen) atoms. The number of ether oxygens (including phenoxy) is 2. The summed E-state index contributed by atoms with van der Waals surface area (Å²) >= 11 is 0. The Balaban J connectivity index is 1.87. The Kier molecular flexibility index (Phi) is 8.00. The van der Waals surface area contributed by atoms with Crippen molar-refractivity contribution in [2.75, 3.05) is 40.0 Å². The predicted molar refractivity (Wildman–Crippen MR) is 97.5 cm³/mol. The molecule has 2 rings (SSSR count). The van der Waals surface area contributed by atoms with Crippen LogP contribution in [-0.4, -0.2) is 73.8 Å². The summed E-state index contributed by atoms with van der Waals surface area (Å²) in [6, 6.07) is 4.69. The summed E-state index contributed by atoms with van der Waals surface area (Å²) in [5.74, 6) is -0.694. The summed E-state index contributed by atoms with van der Waals surface area (Å²) < 4.78 is 9.86. The zero-order valence-corrected chi connectivity index (χ0v) is 15.7. The fraction of sp³-hybridized carbons (Fsp3) is 0.556. The lowest BCUT2D eigenvalue weighted by atomic mass is 10.1. The van der Waals surface area contributed by atoms with Crippen LogP contribution >= 0.6 is 0 Å². The van der Waals surface area contributed by atoms with E-state index in [-0.39, 0.29) is 35.3 Å². The van der Waals surface area contributed by atoms with Crippen LogP contribution in [0.15, 0.2) is 18.2 Å². The molecule has 148 valence electrons. The van der Waals surface area contributed by atoms with Crippen molar-refractivity contribution in [3.05, 3.63) is 29.6 Å². The monoisotopic (exact) mass is 378 g/mol. The highest BCUT2D eigenvalue weighted by Gasteiger charge is 2.25. The fourth-order valence-electron chi connectivity index (χ4n) is 2.73. The quantitative estimate of drug-likeness (QED) is 0.680. The third-order valence-corrected chi connectivity index (χ3v) is 4.16. The smallest absolute Gasteiger partial charge is 0.409 e. The first kappa shape index (κ1) is 20.6. The van der Waals surface area contributed by atoms with E-state index < -0.39 is 0 Å². The van der Waals surface area contributed by atoms with Crippen LogP contribution in [0.5, 0.6) is 0 Å². The maximum Gasteiger partial charge on any atom is 0.409 e. The molecular formula is C18H26N4O5. The van der Waals surface area contributed by atoms with E-state index in [2.05, 4.69) is 15.6 Å². The number of pyridine rings is 1. The molecule has 0 bridgehead atoms. The van der Waals surface area contributed by atoms with Gasteiger partial charge >= 0.3 is 6.09 Å². The minimum Gasteiger partial charge on any atom is -0.450 e. The number of carbonyl (C=O) groups excluding carboxylic acids is 3. The topological polar surface area (TPSA) is 110 Å². The van der Waals surface area contributed by atoms with Gasteiger partial charge < -0.3 is 25.0 Å². The van der Waals surface area contributed by atoms with Gasteiger partial charge in [0.1, 0.15) is 11.4 Å². The molecule has 0 unspecified atom stereocenters. The molecular weight excluding hydrogens is 352 g/mol. The molecule has 1 aliphatic heterocycles. The summed E-state index contributed by atoms with van der Waals surface area (Å²) in [4.78, 5) is 41.9. The van der Waals surface area contributed by atoms with Crippen LogP contribution in [-0.2, 0) is 9.47 Å². The number of hydrogen-bond donors (Lipinski definition) is 2. The van der Waals surface area contributed by atoms with Crippen molar-refractivity contribution in [3.63, 3.8) is 0 Å². The van der Waals surface area contributed by atoms with Crippen molar-refractivity contribution in [1.82, 2.24) is 20.5 Å². The molecule has 2 heterocycles. The Morgan fingerprint density at radius 3 is 2.48 bits per heavy atom. The molecule has 1 saturated heterocycles. The zero-order chi connectivity index (χ0) is 19.6. The highest BCUT2D eigenvalue weighted by Crippen LogP contribution is 2.12. The molecule has 0 saturated carbocycles. The van der Waals surface area contributed by atoms with Gasteiger partial charge in [0.15, 0.2) is 0 Å². The standard InChI is InChI=1S/C18H26N4O5/c1-3-27-18(25)22-10-7-13(8-11-22)20-17(24)15-6-4-5-14(21-15)16(23)19-9-12-26-2/h4-6,13H,3,7-12H2,1-2H3,(H,19,23)(H,20,24). The maximum absolute atomic E-state index is 12.4. The Bertz CT molecular complexity index is 659. The number of nitrogens with one attached hydrogen (secondary N) is 2. The molecule has 0 spiro atoms. The van der Waals surface area contributed by atoms with Gasteiger partial charge in [-0.15, -0.1) is 0 Å². The van der Waals surface area contributed by atoms with Crippen molar-refractivity contribution in [1.29, 1.82) is 0 Å². The molecule has 1 aromatic heterocycles. The van der Waals surface area contributed by atoms with Gasteiger partial charge in [0.2, 0.25) is 0 Å². The SMILES string of the molecule is CCOC(=O)N1CCC(NC(=O)c2cccc(C(=O)NCCOC)n2)CC1. The van der Waals surface area contributed by atoms with Crippen LogP contribution in [0, 0.1) is 0 Å². The van der Waals surface area contributed by atoms with Gasteiger partial charge in [-0.05, 0) is 31.9 Å². The van der Waals surface area contributed by atoms with Crippen LogP contribution in [0.25, 0.3) is 0 Å². The average Bonchev–Trinajstić information content (AvgIpc) is 2.69. The van der Waals surface area contributed by atoms with Gasteiger partial charge in [-0.2, -0.15) is 0 Å². The van der Waals surface area contributed by atoms with Crippen LogP contribution in [0.3, 0.4) is 0 Å². The van der Waals surface area contributed by atoms with Crippen LogP contribution in [0.4, 0.5) is 4.79 Å². The molecule has 9 nitrogen and oxygen atoms in total. The summed E-state index contributed by atoms with van der Waals surface area (Å²) in [6.07, 6.45) is 0.958. The Morgan fingerprint density at radius 1 is 1.19 bits per heavy atom. The van der Waals surface area contributed by atoms with Crippen molar-refractivity contribution < 1.29 is 23.9 Å². The lowest BCUT2D eigenvalue weighted by molar-refractivity contribution is 0.0856. The van der Waals surface area contributed by atoms with Gasteiger partial charge in [0.05, 0.1) is 13.2 Å². The third kappa shape index (κ3) is 6.21. The minimum absolute atomic E-state index is 0.0517. The van der Waals surface area contributed by atoms with Crippen LogP contribution in [0.1, 0.15) is 40.7 Å². The van der Waals surface area contributed by atoms with E-state index in [0.29, 0.717) is 45.7 Å². The number of methoxy groups -OCH3 is 1. The average molecular weight is 378 g/mol. The van der Waals surface area contributed by atoms with Crippen molar-refractivity contribution >= 4 is 17.9 Å². The van der Waals surface area contributed by atoms with Crippen LogP contribution < -0.4 is 10.6 Å².